The summed E-state index contributed by atoms with van der Waals surface area (Å²) in [6, 6.07) is 14.2. The Kier molecular flexibility index (Phi) is 5.88. The molecule has 1 fully saturated rings. The van der Waals surface area contributed by atoms with Crippen LogP contribution in [0.5, 0.6) is 0 Å². The van der Waals surface area contributed by atoms with Crippen LogP contribution in [0.15, 0.2) is 53.9 Å². The van der Waals surface area contributed by atoms with Crippen molar-refractivity contribution in [2.24, 2.45) is 0 Å². The van der Waals surface area contributed by atoms with Crippen molar-refractivity contribution < 1.29 is 14.5 Å². The van der Waals surface area contributed by atoms with Crippen molar-refractivity contribution in [2.75, 3.05) is 45.8 Å². The Bertz CT molecular complexity index is 840. The lowest BCUT2D eigenvalue weighted by atomic mass is 9.99. The van der Waals surface area contributed by atoms with E-state index in [4.69, 9.17) is 0 Å². The largest absolute Gasteiger partial charge is 0.334 e. The van der Waals surface area contributed by atoms with Gasteiger partial charge in [0.25, 0.3) is 11.8 Å². The number of nitrogens with one attached hydrogen (secondary N) is 1. The average molecular weight is 397 g/mol. The fraction of sp³-hybridized carbons (Fsp3) is 0.364. The van der Waals surface area contributed by atoms with Crippen molar-refractivity contribution in [3.63, 3.8) is 0 Å². The van der Waals surface area contributed by atoms with Crippen LogP contribution in [0, 0.1) is 0 Å². The fourth-order valence-corrected chi connectivity index (χ4v) is 4.59. The highest BCUT2D eigenvalue weighted by molar-refractivity contribution is 7.12. The summed E-state index contributed by atoms with van der Waals surface area (Å²) in [7, 11) is 0. The molecular weight excluding hydrogens is 370 g/mol. The summed E-state index contributed by atoms with van der Waals surface area (Å²) in [6.07, 6.45) is 3.29. The van der Waals surface area contributed by atoms with Gasteiger partial charge in [-0.1, -0.05) is 36.4 Å². The second-order valence-corrected chi connectivity index (χ2v) is 8.32. The van der Waals surface area contributed by atoms with Crippen LogP contribution in [0.3, 0.4) is 0 Å². The first-order valence-corrected chi connectivity index (χ1v) is 10.8. The number of hydrogen-bond donors (Lipinski definition) is 1. The Morgan fingerprint density at radius 2 is 1.71 bits per heavy atom. The molecule has 1 N–H and O–H groups in total. The predicted octanol–water partition coefficient (Wildman–Crippen LogP) is 1.40. The van der Waals surface area contributed by atoms with Gasteiger partial charge in [0, 0.05) is 32.6 Å². The number of carbonyl (C=O) groups excluding carboxylic acids is 2. The van der Waals surface area contributed by atoms with E-state index in [1.807, 2.05) is 33.4 Å². The van der Waals surface area contributed by atoms with Gasteiger partial charge in [-0.15, -0.1) is 11.3 Å². The van der Waals surface area contributed by atoms with Crippen molar-refractivity contribution >= 4 is 28.7 Å². The van der Waals surface area contributed by atoms with Gasteiger partial charge in [0.15, 0.2) is 6.54 Å². The lowest BCUT2D eigenvalue weighted by Gasteiger charge is -2.35. The number of benzene rings is 1. The standard InChI is InChI=1S/C22H25N3O2S/c26-21(17-23-10-8-19(9-11-23)18-5-2-1-3-6-18)24-12-14-25(15-13-24)22(27)20-7-4-16-28-20/h1-8,16H,9-15,17H2/p+1. The van der Waals surface area contributed by atoms with Gasteiger partial charge in [0.2, 0.25) is 0 Å². The highest BCUT2D eigenvalue weighted by Gasteiger charge is 2.28. The molecule has 1 unspecified atom stereocenters. The maximum absolute atomic E-state index is 12.7. The number of carbonyl (C=O) groups is 2. The highest BCUT2D eigenvalue weighted by Crippen LogP contribution is 2.18. The van der Waals surface area contributed by atoms with Crippen molar-refractivity contribution in [1.82, 2.24) is 9.80 Å². The van der Waals surface area contributed by atoms with Crippen LogP contribution in [0.1, 0.15) is 21.7 Å². The maximum atomic E-state index is 12.7. The summed E-state index contributed by atoms with van der Waals surface area (Å²) >= 11 is 1.47. The normalized spacial score (nSPS) is 20.0. The van der Waals surface area contributed by atoms with Crippen molar-refractivity contribution in [3.8, 4) is 0 Å². The van der Waals surface area contributed by atoms with Crippen molar-refractivity contribution in [2.45, 2.75) is 6.42 Å². The van der Waals surface area contributed by atoms with Crippen LogP contribution in [0.25, 0.3) is 5.57 Å². The number of nitrogens with zero attached hydrogens (tertiary/aromatic N) is 2. The molecule has 2 aromatic rings. The molecule has 6 heteroatoms. The maximum Gasteiger partial charge on any atom is 0.277 e. The van der Waals surface area contributed by atoms with Crippen molar-refractivity contribution in [1.29, 1.82) is 0 Å². The third kappa shape index (κ3) is 4.34. The molecule has 2 amide bonds. The number of hydrogen-bond acceptors (Lipinski definition) is 3. The van der Waals surface area contributed by atoms with E-state index in [1.54, 1.807) is 0 Å². The van der Waals surface area contributed by atoms with Crippen LogP contribution in [0.4, 0.5) is 0 Å². The molecule has 1 aromatic heterocycles. The summed E-state index contributed by atoms with van der Waals surface area (Å²) in [4.78, 5) is 31.0. The Hall–Kier alpha value is -2.44. The molecule has 3 heterocycles. The quantitative estimate of drug-likeness (QED) is 0.849. The van der Waals surface area contributed by atoms with E-state index in [9.17, 15) is 9.59 Å². The van der Waals surface area contributed by atoms with Gasteiger partial charge < -0.3 is 14.7 Å². The molecule has 2 aliphatic rings. The van der Waals surface area contributed by atoms with Gasteiger partial charge in [0.1, 0.15) is 0 Å². The smallest absolute Gasteiger partial charge is 0.277 e. The van der Waals surface area contributed by atoms with Crippen LogP contribution in [0.2, 0.25) is 0 Å². The minimum absolute atomic E-state index is 0.0855. The molecule has 0 radical (unpaired) electrons. The molecule has 0 spiro atoms. The number of thiophene rings is 1. The molecule has 1 aromatic carbocycles. The first-order valence-electron chi connectivity index (χ1n) is 9.89. The van der Waals surface area contributed by atoms with E-state index in [0.717, 1.165) is 24.4 Å². The van der Waals surface area contributed by atoms with Gasteiger partial charge in [-0.05, 0) is 28.7 Å². The predicted molar refractivity (Wildman–Crippen MR) is 111 cm³/mol. The first kappa shape index (κ1) is 18.9. The fourth-order valence-electron chi connectivity index (χ4n) is 3.90. The molecule has 0 bridgehead atoms. The van der Waals surface area contributed by atoms with E-state index >= 15 is 0 Å². The topological polar surface area (TPSA) is 45.1 Å². The summed E-state index contributed by atoms with van der Waals surface area (Å²) in [5, 5.41) is 1.92. The van der Waals surface area contributed by atoms with Crippen molar-refractivity contribution in [3.05, 3.63) is 64.4 Å². The zero-order chi connectivity index (χ0) is 19.3. The molecule has 0 aliphatic carbocycles. The minimum Gasteiger partial charge on any atom is -0.334 e. The summed E-state index contributed by atoms with van der Waals surface area (Å²) in [6.45, 7) is 4.93. The molecule has 1 saturated heterocycles. The number of rotatable bonds is 4. The average Bonchev–Trinajstić information content (AvgIpc) is 3.29. The summed E-state index contributed by atoms with van der Waals surface area (Å²) in [5.74, 6) is 0.289. The molecular formula is C22H26N3O2S+. The van der Waals surface area contributed by atoms with Gasteiger partial charge in [-0.25, -0.2) is 0 Å². The highest BCUT2D eigenvalue weighted by atomic mass is 32.1. The zero-order valence-electron chi connectivity index (χ0n) is 16.0. The molecule has 5 nitrogen and oxygen atoms in total. The van der Waals surface area contributed by atoms with E-state index in [0.29, 0.717) is 32.7 Å². The molecule has 1 atom stereocenters. The van der Waals surface area contributed by atoms with Gasteiger partial charge >= 0.3 is 0 Å². The minimum atomic E-state index is 0.0855. The molecule has 146 valence electrons. The molecule has 28 heavy (non-hydrogen) atoms. The third-order valence-corrected chi connectivity index (χ3v) is 6.44. The number of quaternary nitrogens is 1. The summed E-state index contributed by atoms with van der Waals surface area (Å²) < 4.78 is 0. The molecule has 2 aliphatic heterocycles. The van der Waals surface area contributed by atoms with E-state index in [-0.39, 0.29) is 11.8 Å². The van der Waals surface area contributed by atoms with E-state index in [2.05, 4.69) is 30.3 Å². The van der Waals surface area contributed by atoms with Gasteiger partial charge in [-0.3, -0.25) is 9.59 Å². The van der Waals surface area contributed by atoms with E-state index in [1.165, 1.54) is 27.4 Å². The number of amides is 2. The van der Waals surface area contributed by atoms with Crippen LogP contribution < -0.4 is 4.90 Å². The Balaban J connectivity index is 1.25. The lowest BCUT2D eigenvalue weighted by Crippen LogP contribution is -3.13. The first-order chi connectivity index (χ1) is 13.7. The third-order valence-electron chi connectivity index (χ3n) is 5.58. The van der Waals surface area contributed by atoms with E-state index < -0.39 is 0 Å². The SMILES string of the molecule is O=C(C[NH+]1CC=C(c2ccccc2)CC1)N1CCN(C(=O)c2cccs2)CC1. The lowest BCUT2D eigenvalue weighted by molar-refractivity contribution is -0.887. The Morgan fingerprint density at radius 3 is 2.36 bits per heavy atom. The van der Waals surface area contributed by atoms with Crippen LogP contribution >= 0.6 is 11.3 Å². The summed E-state index contributed by atoms with van der Waals surface area (Å²) in [5.41, 5.74) is 2.68. The second-order valence-electron chi connectivity index (χ2n) is 7.38. The zero-order valence-corrected chi connectivity index (χ0v) is 16.8. The Morgan fingerprint density at radius 1 is 0.964 bits per heavy atom. The second kappa shape index (κ2) is 8.71. The Labute approximate surface area is 169 Å². The van der Waals surface area contributed by atoms with Crippen LogP contribution in [-0.2, 0) is 4.79 Å². The van der Waals surface area contributed by atoms with Gasteiger partial charge in [0.05, 0.1) is 18.0 Å². The van der Waals surface area contributed by atoms with Gasteiger partial charge in [-0.2, -0.15) is 0 Å². The number of piperazine rings is 1. The molecule has 0 saturated carbocycles. The molecule has 4 rings (SSSR count). The van der Waals surface area contributed by atoms with Crippen LogP contribution in [-0.4, -0.2) is 67.4 Å². The monoisotopic (exact) mass is 396 g/mol.